The predicted molar refractivity (Wildman–Crippen MR) is 74.8 cm³/mol. The van der Waals surface area contributed by atoms with Crippen LogP contribution in [0.15, 0.2) is 42.5 Å². The number of hydrogen-bond donors (Lipinski definition) is 1. The Morgan fingerprint density at radius 2 is 2.05 bits per heavy atom. The van der Waals surface area contributed by atoms with Crippen molar-refractivity contribution in [2.75, 3.05) is 0 Å². The highest BCUT2D eigenvalue weighted by Crippen LogP contribution is 2.26. The minimum atomic E-state index is -0.342. The molecule has 2 aromatic rings. The van der Waals surface area contributed by atoms with Gasteiger partial charge in [-0.05, 0) is 30.7 Å². The average Bonchev–Trinajstić information content (AvgIpc) is 2.36. The number of rotatable bonds is 4. The molecule has 0 bridgehead atoms. The number of benzene rings is 2. The van der Waals surface area contributed by atoms with E-state index in [9.17, 15) is 4.39 Å². The lowest BCUT2D eigenvalue weighted by atomic mass is 10.1. The second-order valence-corrected chi connectivity index (χ2v) is 4.83. The maximum atomic E-state index is 13.3. The van der Waals surface area contributed by atoms with Crippen molar-refractivity contribution in [3.05, 3.63) is 64.4 Å². The lowest BCUT2D eigenvalue weighted by molar-refractivity contribution is 0.300. The van der Waals surface area contributed by atoms with Crippen LogP contribution in [0.1, 0.15) is 24.1 Å². The average molecular weight is 280 g/mol. The third kappa shape index (κ3) is 3.69. The molecular weight excluding hydrogens is 265 g/mol. The standard InChI is InChI=1S/C15H15ClFNO/c1-10(18)14-6-5-13(17)8-15(14)19-9-11-3-2-4-12(16)7-11/h2-8,10H,9,18H2,1H3. The zero-order chi connectivity index (χ0) is 13.8. The summed E-state index contributed by atoms with van der Waals surface area (Å²) in [6.07, 6.45) is 0. The molecule has 0 radical (unpaired) electrons. The summed E-state index contributed by atoms with van der Waals surface area (Å²) in [7, 11) is 0. The highest BCUT2D eigenvalue weighted by atomic mass is 35.5. The first-order valence-corrected chi connectivity index (χ1v) is 6.36. The van der Waals surface area contributed by atoms with Crippen molar-refractivity contribution in [1.29, 1.82) is 0 Å². The second kappa shape index (κ2) is 6.04. The first-order valence-electron chi connectivity index (χ1n) is 5.98. The summed E-state index contributed by atoms with van der Waals surface area (Å²) in [5.74, 6) is 0.125. The molecule has 100 valence electrons. The zero-order valence-electron chi connectivity index (χ0n) is 10.6. The van der Waals surface area contributed by atoms with Gasteiger partial charge >= 0.3 is 0 Å². The van der Waals surface area contributed by atoms with Crippen molar-refractivity contribution in [2.24, 2.45) is 5.73 Å². The van der Waals surface area contributed by atoms with Crippen LogP contribution >= 0.6 is 11.6 Å². The van der Waals surface area contributed by atoms with E-state index in [1.807, 2.05) is 25.1 Å². The van der Waals surface area contributed by atoms with Crippen LogP contribution in [-0.4, -0.2) is 0 Å². The highest BCUT2D eigenvalue weighted by molar-refractivity contribution is 6.30. The van der Waals surface area contributed by atoms with E-state index < -0.39 is 0 Å². The molecule has 0 amide bonds. The molecular formula is C15H15ClFNO. The summed E-state index contributed by atoms with van der Waals surface area (Å²) in [5.41, 5.74) is 7.54. The minimum Gasteiger partial charge on any atom is -0.488 e. The first kappa shape index (κ1) is 13.8. The number of nitrogens with two attached hydrogens (primary N) is 1. The van der Waals surface area contributed by atoms with Gasteiger partial charge in [0, 0.05) is 22.7 Å². The zero-order valence-corrected chi connectivity index (χ0v) is 11.3. The van der Waals surface area contributed by atoms with Gasteiger partial charge in [0.1, 0.15) is 18.2 Å². The summed E-state index contributed by atoms with van der Waals surface area (Å²) in [6, 6.07) is 11.5. The minimum absolute atomic E-state index is 0.213. The maximum Gasteiger partial charge on any atom is 0.127 e. The van der Waals surface area contributed by atoms with E-state index >= 15 is 0 Å². The fraction of sp³-hybridized carbons (Fsp3) is 0.200. The Hall–Kier alpha value is -1.58. The van der Waals surface area contributed by atoms with Crippen molar-refractivity contribution in [3.8, 4) is 5.75 Å². The summed E-state index contributed by atoms with van der Waals surface area (Å²) >= 11 is 5.90. The Morgan fingerprint density at radius 3 is 2.74 bits per heavy atom. The molecule has 0 saturated carbocycles. The molecule has 2 rings (SSSR count). The molecule has 2 nitrogen and oxygen atoms in total. The molecule has 0 aliphatic heterocycles. The van der Waals surface area contributed by atoms with Crippen LogP contribution in [0.5, 0.6) is 5.75 Å². The molecule has 0 saturated heterocycles. The summed E-state index contributed by atoms with van der Waals surface area (Å²) in [5, 5.41) is 0.646. The van der Waals surface area contributed by atoms with E-state index in [1.165, 1.54) is 12.1 Å². The van der Waals surface area contributed by atoms with Gasteiger partial charge in [0.2, 0.25) is 0 Å². The lowest BCUT2D eigenvalue weighted by Crippen LogP contribution is -2.08. The second-order valence-electron chi connectivity index (χ2n) is 4.39. The lowest BCUT2D eigenvalue weighted by Gasteiger charge is -2.14. The van der Waals surface area contributed by atoms with E-state index in [0.29, 0.717) is 17.4 Å². The van der Waals surface area contributed by atoms with Crippen molar-refractivity contribution in [1.82, 2.24) is 0 Å². The molecule has 19 heavy (non-hydrogen) atoms. The van der Waals surface area contributed by atoms with Crippen LogP contribution in [0.3, 0.4) is 0 Å². The molecule has 4 heteroatoms. The van der Waals surface area contributed by atoms with Crippen molar-refractivity contribution in [3.63, 3.8) is 0 Å². The topological polar surface area (TPSA) is 35.2 Å². The fourth-order valence-corrected chi connectivity index (χ4v) is 2.01. The highest BCUT2D eigenvalue weighted by Gasteiger charge is 2.09. The van der Waals surface area contributed by atoms with E-state index in [1.54, 1.807) is 12.1 Å². The van der Waals surface area contributed by atoms with Gasteiger partial charge in [-0.2, -0.15) is 0 Å². The molecule has 0 fully saturated rings. The van der Waals surface area contributed by atoms with Gasteiger partial charge in [0.25, 0.3) is 0 Å². The molecule has 0 aromatic heterocycles. The Labute approximate surface area is 117 Å². The third-order valence-electron chi connectivity index (χ3n) is 2.75. The smallest absolute Gasteiger partial charge is 0.127 e. The maximum absolute atomic E-state index is 13.3. The van der Waals surface area contributed by atoms with Gasteiger partial charge < -0.3 is 10.5 Å². The molecule has 0 aliphatic rings. The van der Waals surface area contributed by atoms with Gasteiger partial charge in [0.15, 0.2) is 0 Å². The molecule has 1 atom stereocenters. The van der Waals surface area contributed by atoms with Crippen molar-refractivity contribution >= 4 is 11.6 Å². The number of ether oxygens (including phenoxy) is 1. The van der Waals surface area contributed by atoms with Crippen LogP contribution in [0, 0.1) is 5.82 Å². The SMILES string of the molecule is CC(N)c1ccc(F)cc1OCc1cccc(Cl)c1. The summed E-state index contributed by atoms with van der Waals surface area (Å²) in [4.78, 5) is 0. The van der Waals surface area contributed by atoms with Crippen molar-refractivity contribution in [2.45, 2.75) is 19.6 Å². The monoisotopic (exact) mass is 279 g/mol. The Bertz CT molecular complexity index is 572. The van der Waals surface area contributed by atoms with E-state index in [2.05, 4.69) is 0 Å². The van der Waals surface area contributed by atoms with Crippen molar-refractivity contribution < 1.29 is 9.13 Å². The normalized spacial score (nSPS) is 12.2. The molecule has 2 N–H and O–H groups in total. The van der Waals surface area contributed by atoms with Crippen LogP contribution < -0.4 is 10.5 Å². The Morgan fingerprint density at radius 1 is 1.26 bits per heavy atom. The molecule has 1 unspecified atom stereocenters. The molecule has 2 aromatic carbocycles. The third-order valence-corrected chi connectivity index (χ3v) is 2.98. The van der Waals surface area contributed by atoms with Gasteiger partial charge in [-0.3, -0.25) is 0 Å². The Balaban J connectivity index is 2.17. The summed E-state index contributed by atoms with van der Waals surface area (Å²) < 4.78 is 18.9. The van der Waals surface area contributed by atoms with Crippen LogP contribution in [0.4, 0.5) is 4.39 Å². The molecule has 0 heterocycles. The predicted octanol–water partition coefficient (Wildman–Crippen LogP) is 4.08. The van der Waals surface area contributed by atoms with Gasteiger partial charge in [0.05, 0.1) is 0 Å². The van der Waals surface area contributed by atoms with Crippen LogP contribution in [0.25, 0.3) is 0 Å². The van der Waals surface area contributed by atoms with E-state index in [4.69, 9.17) is 22.1 Å². The Kier molecular flexibility index (Phi) is 4.40. The van der Waals surface area contributed by atoms with Gasteiger partial charge in [-0.1, -0.05) is 29.8 Å². The number of hydrogen-bond acceptors (Lipinski definition) is 2. The fourth-order valence-electron chi connectivity index (χ4n) is 1.80. The summed E-state index contributed by atoms with van der Waals surface area (Å²) in [6.45, 7) is 2.16. The number of halogens is 2. The quantitative estimate of drug-likeness (QED) is 0.915. The van der Waals surface area contributed by atoms with Crippen LogP contribution in [0.2, 0.25) is 5.02 Å². The van der Waals surface area contributed by atoms with Gasteiger partial charge in [-0.25, -0.2) is 4.39 Å². The largest absolute Gasteiger partial charge is 0.488 e. The van der Waals surface area contributed by atoms with Crippen LogP contribution in [-0.2, 0) is 6.61 Å². The van der Waals surface area contributed by atoms with E-state index in [-0.39, 0.29) is 11.9 Å². The first-order chi connectivity index (χ1) is 9.06. The van der Waals surface area contributed by atoms with E-state index in [0.717, 1.165) is 11.1 Å². The molecule has 0 aliphatic carbocycles. The molecule has 0 spiro atoms. The van der Waals surface area contributed by atoms with Gasteiger partial charge in [-0.15, -0.1) is 0 Å².